The third kappa shape index (κ3) is 5.73. The molecule has 5 rings (SSSR count). The van der Waals surface area contributed by atoms with Crippen molar-refractivity contribution in [2.75, 3.05) is 26.2 Å². The van der Waals surface area contributed by atoms with Crippen LogP contribution in [0.15, 0.2) is 77.6 Å². The molecule has 0 aliphatic carbocycles. The van der Waals surface area contributed by atoms with Gasteiger partial charge in [-0.25, -0.2) is 4.98 Å². The average Bonchev–Trinajstić information content (AvgIpc) is 3.46. The van der Waals surface area contributed by atoms with Gasteiger partial charge in [0.1, 0.15) is 18.2 Å². The fourth-order valence-corrected chi connectivity index (χ4v) is 5.10. The second-order valence-corrected chi connectivity index (χ2v) is 10.2. The van der Waals surface area contributed by atoms with Crippen LogP contribution in [0.3, 0.4) is 0 Å². The maximum absolute atomic E-state index is 13.8. The van der Waals surface area contributed by atoms with Crippen molar-refractivity contribution in [1.29, 1.82) is 0 Å². The molecule has 0 amide bonds. The third-order valence-electron chi connectivity index (χ3n) is 7.35. The summed E-state index contributed by atoms with van der Waals surface area (Å²) in [7, 11) is 0. The number of aliphatic hydroxyl groups is 1. The Kier molecular flexibility index (Phi) is 8.04. The normalized spacial score (nSPS) is 14.9. The Morgan fingerprint density at radius 3 is 2.12 bits per heavy atom. The predicted octanol–water partition coefficient (Wildman–Crippen LogP) is 5.76. The summed E-state index contributed by atoms with van der Waals surface area (Å²) < 4.78 is 87.5. The van der Waals surface area contributed by atoms with Crippen LogP contribution < -0.4 is 10.3 Å². The monoisotopic (exact) mass is 591 g/mol. The predicted molar refractivity (Wildman–Crippen MR) is 144 cm³/mol. The van der Waals surface area contributed by atoms with Crippen LogP contribution >= 0.6 is 0 Å². The van der Waals surface area contributed by atoms with Crippen LogP contribution in [0, 0.1) is 0 Å². The zero-order valence-electron chi connectivity index (χ0n) is 22.3. The van der Waals surface area contributed by atoms with Gasteiger partial charge in [-0.1, -0.05) is 42.5 Å². The number of rotatable bonds is 8. The summed E-state index contributed by atoms with van der Waals surface area (Å²) in [5, 5.41) is 9.95. The van der Waals surface area contributed by atoms with E-state index < -0.39 is 29.1 Å². The molecule has 12 heteroatoms. The molecule has 0 saturated carbocycles. The van der Waals surface area contributed by atoms with Crippen molar-refractivity contribution in [2.45, 2.75) is 37.2 Å². The minimum absolute atomic E-state index is 0.0175. The molecule has 0 spiro atoms. The quantitative estimate of drug-likeness (QED) is 0.264. The van der Waals surface area contributed by atoms with E-state index in [4.69, 9.17) is 4.74 Å². The van der Waals surface area contributed by atoms with Crippen LogP contribution in [0.2, 0.25) is 0 Å². The number of alkyl halides is 6. The highest BCUT2D eigenvalue weighted by Crippen LogP contribution is 2.50. The highest BCUT2D eigenvalue weighted by Gasteiger charge is 2.71. The lowest BCUT2D eigenvalue weighted by Gasteiger charge is -2.32. The van der Waals surface area contributed by atoms with Crippen LogP contribution in [0.1, 0.15) is 29.8 Å². The molecule has 0 unspecified atom stereocenters. The average molecular weight is 592 g/mol. The van der Waals surface area contributed by atoms with E-state index in [2.05, 4.69) is 9.88 Å². The zero-order valence-corrected chi connectivity index (χ0v) is 22.3. The zero-order chi connectivity index (χ0) is 30.1. The maximum atomic E-state index is 13.8. The summed E-state index contributed by atoms with van der Waals surface area (Å²) in [5.74, 6) is 0.648. The van der Waals surface area contributed by atoms with Crippen molar-refractivity contribution in [3.8, 4) is 11.4 Å². The molecule has 0 radical (unpaired) electrons. The molecule has 0 atom stereocenters. The molecule has 0 bridgehead atoms. The van der Waals surface area contributed by atoms with Gasteiger partial charge in [-0.05, 0) is 61.8 Å². The van der Waals surface area contributed by atoms with E-state index in [-0.39, 0.29) is 23.3 Å². The van der Waals surface area contributed by atoms with Crippen molar-refractivity contribution >= 4 is 10.9 Å². The number of hydrogen-bond donors (Lipinski definition) is 1. The van der Waals surface area contributed by atoms with Crippen molar-refractivity contribution in [2.24, 2.45) is 0 Å². The van der Waals surface area contributed by atoms with Gasteiger partial charge in [0.2, 0.25) is 0 Å². The Morgan fingerprint density at radius 1 is 0.857 bits per heavy atom. The molecule has 2 heterocycles. The van der Waals surface area contributed by atoms with E-state index in [0.29, 0.717) is 30.0 Å². The Bertz CT molecular complexity index is 1580. The van der Waals surface area contributed by atoms with E-state index >= 15 is 0 Å². The largest absolute Gasteiger partial charge is 0.492 e. The van der Waals surface area contributed by atoms with Crippen molar-refractivity contribution in [1.82, 2.24) is 14.5 Å². The molecule has 4 aromatic rings. The first-order valence-electron chi connectivity index (χ1n) is 13.3. The van der Waals surface area contributed by atoms with Gasteiger partial charge in [0.15, 0.2) is 0 Å². The van der Waals surface area contributed by atoms with E-state index in [1.165, 1.54) is 6.07 Å². The van der Waals surface area contributed by atoms with Crippen LogP contribution in [-0.2, 0) is 12.0 Å². The first-order chi connectivity index (χ1) is 19.9. The van der Waals surface area contributed by atoms with Gasteiger partial charge in [0.05, 0.1) is 16.6 Å². The highest BCUT2D eigenvalue weighted by atomic mass is 19.4. The highest BCUT2D eigenvalue weighted by molar-refractivity contribution is 5.79. The number of benzene rings is 3. The van der Waals surface area contributed by atoms with E-state index in [9.17, 15) is 36.2 Å². The molecule has 42 heavy (non-hydrogen) atoms. The molecule has 1 aliphatic rings. The Morgan fingerprint density at radius 2 is 1.50 bits per heavy atom. The first kappa shape index (κ1) is 29.6. The maximum Gasteiger partial charge on any atom is 0.430 e. The number of likely N-dealkylation sites (tertiary alicyclic amines) is 1. The van der Waals surface area contributed by atoms with Gasteiger partial charge >= 0.3 is 12.4 Å². The summed E-state index contributed by atoms with van der Waals surface area (Å²) in [5.41, 5.74) is -5.97. The van der Waals surface area contributed by atoms with Crippen molar-refractivity contribution in [3.05, 3.63) is 100 Å². The molecule has 1 aromatic heterocycles. The second kappa shape index (κ2) is 11.4. The van der Waals surface area contributed by atoms with E-state index in [1.54, 1.807) is 42.5 Å². The van der Waals surface area contributed by atoms with Gasteiger partial charge in [0.25, 0.3) is 11.2 Å². The number of aromatic nitrogens is 2. The minimum atomic E-state index is -6.03. The Labute approximate surface area is 236 Å². The lowest BCUT2D eigenvalue weighted by molar-refractivity contribution is -0.376. The van der Waals surface area contributed by atoms with E-state index in [1.807, 2.05) is 0 Å². The minimum Gasteiger partial charge on any atom is -0.492 e. The molecule has 1 aliphatic heterocycles. The molecule has 1 saturated heterocycles. The van der Waals surface area contributed by atoms with Crippen LogP contribution in [0.5, 0.6) is 5.75 Å². The number of ether oxygens (including phenoxy) is 1. The number of halogens is 6. The van der Waals surface area contributed by atoms with Crippen LogP contribution in [-0.4, -0.2) is 58.2 Å². The van der Waals surface area contributed by atoms with Crippen molar-refractivity contribution in [3.63, 3.8) is 0 Å². The standard InChI is InChI=1S/C30H27F6N3O3/c31-29(32,33)28(41,30(34,35)36)21-8-10-22(11-9-21)39-26(18-20-6-2-1-3-7-20)37-25-13-12-23(19-24(25)27(39)40)42-17-16-38-14-4-5-15-38/h1-3,6-13,19,41H,4-5,14-18H2. The van der Waals surface area contributed by atoms with E-state index in [0.717, 1.165) is 54.7 Å². The molecule has 222 valence electrons. The molecular weight excluding hydrogens is 564 g/mol. The van der Waals surface area contributed by atoms with Crippen LogP contribution in [0.4, 0.5) is 26.3 Å². The lowest BCUT2D eigenvalue weighted by atomic mass is 9.92. The van der Waals surface area contributed by atoms with Gasteiger partial charge < -0.3 is 9.84 Å². The Balaban J connectivity index is 1.56. The fourth-order valence-electron chi connectivity index (χ4n) is 5.10. The van der Waals surface area contributed by atoms with Gasteiger partial charge in [-0.2, -0.15) is 26.3 Å². The first-order valence-corrected chi connectivity index (χ1v) is 13.3. The van der Waals surface area contributed by atoms with Gasteiger partial charge in [-0.15, -0.1) is 0 Å². The number of nitrogens with zero attached hydrogens (tertiary/aromatic N) is 3. The summed E-state index contributed by atoms with van der Waals surface area (Å²) in [6.07, 6.45) is -9.63. The lowest BCUT2D eigenvalue weighted by Crippen LogP contribution is -2.53. The van der Waals surface area contributed by atoms with Crippen LogP contribution in [0.25, 0.3) is 16.6 Å². The summed E-state index contributed by atoms with van der Waals surface area (Å²) >= 11 is 0. The number of fused-ring (bicyclic) bond motifs is 1. The summed E-state index contributed by atoms with van der Waals surface area (Å²) in [4.78, 5) is 20.7. The second-order valence-electron chi connectivity index (χ2n) is 10.2. The fraction of sp³-hybridized carbons (Fsp3) is 0.333. The van der Waals surface area contributed by atoms with Gasteiger partial charge in [0, 0.05) is 18.5 Å². The van der Waals surface area contributed by atoms with Gasteiger partial charge in [-0.3, -0.25) is 14.3 Å². The molecular formula is C30H27F6N3O3. The molecule has 1 fully saturated rings. The molecule has 6 nitrogen and oxygen atoms in total. The number of hydrogen-bond acceptors (Lipinski definition) is 5. The topological polar surface area (TPSA) is 67.6 Å². The smallest absolute Gasteiger partial charge is 0.430 e. The third-order valence-corrected chi connectivity index (χ3v) is 7.35. The molecule has 3 aromatic carbocycles. The van der Waals surface area contributed by atoms with Crippen molar-refractivity contribution < 1.29 is 36.2 Å². The molecule has 1 N–H and O–H groups in total. The summed E-state index contributed by atoms with van der Waals surface area (Å²) in [6, 6.07) is 16.7. The Hall–Kier alpha value is -3.90. The summed E-state index contributed by atoms with van der Waals surface area (Å²) in [6.45, 7) is 3.14. The SMILES string of the molecule is O=c1c2cc(OCCN3CCCC3)ccc2nc(Cc2ccccc2)n1-c1ccc(C(O)(C(F)(F)F)C(F)(F)F)cc1.